The Hall–Kier alpha value is -3.46. The molecule has 8 nitrogen and oxygen atoms in total. The summed E-state index contributed by atoms with van der Waals surface area (Å²) in [6.45, 7) is 5.89. The highest BCUT2D eigenvalue weighted by molar-refractivity contribution is 7.80. The van der Waals surface area contributed by atoms with Gasteiger partial charge in [0.15, 0.2) is 5.11 Å². The van der Waals surface area contributed by atoms with Crippen LogP contribution in [0.1, 0.15) is 55.5 Å². The number of nitrogens with zero attached hydrogens (tertiary/aromatic N) is 3. The minimum atomic E-state index is -0.704. The Morgan fingerprint density at radius 2 is 1.62 bits per heavy atom. The highest BCUT2D eigenvalue weighted by atomic mass is 32.1. The molecule has 39 heavy (non-hydrogen) atoms. The molecule has 0 aliphatic carbocycles. The van der Waals surface area contributed by atoms with Crippen molar-refractivity contribution in [2.75, 3.05) is 26.7 Å². The third-order valence-corrected chi connectivity index (χ3v) is 8.10. The van der Waals surface area contributed by atoms with Crippen molar-refractivity contribution < 1.29 is 19.1 Å². The second kappa shape index (κ2) is 12.6. The molecule has 0 saturated carbocycles. The molecule has 208 valence electrons. The summed E-state index contributed by atoms with van der Waals surface area (Å²) in [7, 11) is 1.69. The average molecular weight is 551 g/mol. The quantitative estimate of drug-likeness (QED) is 0.423. The Morgan fingerprint density at radius 3 is 2.26 bits per heavy atom. The Morgan fingerprint density at radius 1 is 1.00 bits per heavy atom. The van der Waals surface area contributed by atoms with Crippen molar-refractivity contribution in [2.45, 2.75) is 57.7 Å². The fraction of sp³-hybridized carbons (Fsp3) is 0.467. The van der Waals surface area contributed by atoms with Gasteiger partial charge in [0.25, 0.3) is 5.91 Å². The molecule has 2 aromatic carbocycles. The van der Waals surface area contributed by atoms with Crippen LogP contribution in [0.3, 0.4) is 0 Å². The number of hydrogen-bond acceptors (Lipinski definition) is 5. The van der Waals surface area contributed by atoms with Gasteiger partial charge < -0.3 is 19.4 Å². The Labute approximate surface area is 236 Å². The number of nitrogens with one attached hydrogen (secondary N) is 1. The lowest BCUT2D eigenvalue weighted by atomic mass is 9.86. The lowest BCUT2D eigenvalue weighted by Gasteiger charge is -2.48. The van der Waals surface area contributed by atoms with Crippen molar-refractivity contribution in [1.82, 2.24) is 20.0 Å². The van der Waals surface area contributed by atoms with Gasteiger partial charge in [0, 0.05) is 32.2 Å². The molecule has 2 heterocycles. The number of likely N-dealkylation sites (N-methyl/N-ethyl adjacent to an activating group) is 1. The van der Waals surface area contributed by atoms with Gasteiger partial charge in [0.2, 0.25) is 0 Å². The van der Waals surface area contributed by atoms with Crippen molar-refractivity contribution in [2.24, 2.45) is 5.92 Å². The van der Waals surface area contributed by atoms with Crippen LogP contribution < -0.4 is 5.32 Å². The zero-order valence-electron chi connectivity index (χ0n) is 23.0. The van der Waals surface area contributed by atoms with Crippen LogP contribution in [0.4, 0.5) is 4.79 Å². The number of urea groups is 1. The van der Waals surface area contributed by atoms with Crippen molar-refractivity contribution >= 4 is 35.2 Å². The summed E-state index contributed by atoms with van der Waals surface area (Å²) in [6.07, 6.45) is 3.43. The molecule has 2 saturated heterocycles. The zero-order valence-corrected chi connectivity index (χ0v) is 23.8. The summed E-state index contributed by atoms with van der Waals surface area (Å²) in [5.74, 6) is -0.773. The number of benzene rings is 2. The second-order valence-corrected chi connectivity index (χ2v) is 11.2. The first-order valence-corrected chi connectivity index (χ1v) is 14.0. The highest BCUT2D eigenvalue weighted by Crippen LogP contribution is 2.38. The van der Waals surface area contributed by atoms with Crippen LogP contribution in [0.25, 0.3) is 0 Å². The fourth-order valence-corrected chi connectivity index (χ4v) is 6.03. The van der Waals surface area contributed by atoms with Gasteiger partial charge in [0.1, 0.15) is 12.6 Å². The van der Waals surface area contributed by atoms with Crippen LogP contribution in [0.15, 0.2) is 60.7 Å². The molecule has 2 atom stereocenters. The standard InChI is InChI=1S/C30H38N4O4S/c1-22(2)25(27(36)38-20-23-12-6-4-7-13-23)32(3)29(37)34-19-11-17-30(34)16-10-18-33(21-30)28(39)31-26(35)24-14-8-5-9-15-24/h4-9,12-15,22,25H,10-11,16-21H2,1-3H3,(H,31,35,39)/t25-,30?/m0/s1. The van der Waals surface area contributed by atoms with Crippen molar-refractivity contribution in [3.63, 3.8) is 0 Å². The number of carbonyl (C=O) groups is 3. The molecule has 2 aromatic rings. The van der Waals surface area contributed by atoms with Crippen molar-refractivity contribution in [3.8, 4) is 0 Å². The zero-order chi connectivity index (χ0) is 28.0. The molecule has 4 rings (SSSR count). The summed E-state index contributed by atoms with van der Waals surface area (Å²) in [5.41, 5.74) is 1.05. The van der Waals surface area contributed by atoms with Crippen LogP contribution in [0.2, 0.25) is 0 Å². The van der Waals surface area contributed by atoms with E-state index >= 15 is 0 Å². The molecule has 3 amide bonds. The molecule has 0 radical (unpaired) electrons. The number of rotatable bonds is 6. The lowest BCUT2D eigenvalue weighted by molar-refractivity contribution is -0.151. The third kappa shape index (κ3) is 6.58. The van der Waals surface area contributed by atoms with Gasteiger partial charge in [-0.05, 0) is 61.5 Å². The smallest absolute Gasteiger partial charge is 0.329 e. The number of ether oxygens (including phenoxy) is 1. The van der Waals surface area contributed by atoms with Gasteiger partial charge in [0.05, 0.1) is 5.54 Å². The van der Waals surface area contributed by atoms with E-state index in [0.717, 1.165) is 31.2 Å². The van der Waals surface area contributed by atoms with Crippen LogP contribution in [0.5, 0.6) is 0 Å². The summed E-state index contributed by atoms with van der Waals surface area (Å²) in [6, 6.07) is 17.6. The first kappa shape index (κ1) is 28.5. The number of likely N-dealkylation sites (tertiary alicyclic amines) is 2. The molecule has 2 aliphatic heterocycles. The lowest BCUT2D eigenvalue weighted by Crippen LogP contribution is -2.63. The summed E-state index contributed by atoms with van der Waals surface area (Å²) >= 11 is 5.62. The van der Waals surface area contributed by atoms with E-state index in [1.54, 1.807) is 24.1 Å². The predicted octanol–water partition coefficient (Wildman–Crippen LogP) is 4.45. The molecular weight excluding hydrogens is 512 g/mol. The monoisotopic (exact) mass is 550 g/mol. The minimum Gasteiger partial charge on any atom is -0.459 e. The summed E-state index contributed by atoms with van der Waals surface area (Å²) in [4.78, 5) is 45.2. The maximum absolute atomic E-state index is 13.9. The number of esters is 1. The molecule has 1 unspecified atom stereocenters. The van der Waals surface area contributed by atoms with Gasteiger partial charge in [-0.15, -0.1) is 0 Å². The number of thiocarbonyl (C=S) groups is 1. The largest absolute Gasteiger partial charge is 0.459 e. The van der Waals surface area contributed by atoms with E-state index in [1.807, 2.05) is 72.2 Å². The molecule has 1 spiro atoms. The molecule has 1 N–H and O–H groups in total. The van der Waals surface area contributed by atoms with Gasteiger partial charge >= 0.3 is 12.0 Å². The van der Waals surface area contributed by atoms with Crippen molar-refractivity contribution in [3.05, 3.63) is 71.8 Å². The molecular formula is C30H38N4O4S. The molecule has 2 fully saturated rings. The highest BCUT2D eigenvalue weighted by Gasteiger charge is 2.48. The average Bonchev–Trinajstić information content (AvgIpc) is 3.34. The maximum atomic E-state index is 13.9. The van der Waals surface area contributed by atoms with E-state index in [0.29, 0.717) is 30.3 Å². The molecule has 0 bridgehead atoms. The van der Waals surface area contributed by atoms with Gasteiger partial charge in [-0.2, -0.15) is 0 Å². The van der Waals surface area contributed by atoms with E-state index in [1.165, 1.54) is 0 Å². The van der Waals surface area contributed by atoms with Crippen LogP contribution in [-0.2, 0) is 16.1 Å². The molecule has 2 aliphatic rings. The van der Waals surface area contributed by atoms with Gasteiger partial charge in [-0.25, -0.2) is 9.59 Å². The number of hydrogen-bond donors (Lipinski definition) is 1. The second-order valence-electron chi connectivity index (χ2n) is 10.8. The van der Waals surface area contributed by atoms with Crippen LogP contribution in [-0.4, -0.2) is 76.0 Å². The fourth-order valence-electron chi connectivity index (χ4n) is 5.79. The summed E-state index contributed by atoms with van der Waals surface area (Å²) < 4.78 is 5.63. The maximum Gasteiger partial charge on any atom is 0.329 e. The number of piperidine rings is 1. The SMILES string of the molecule is CC(C)[C@@H](C(=O)OCc1ccccc1)N(C)C(=O)N1CCCC12CCCN(C(=S)NC(=O)c1ccccc1)C2. The van der Waals surface area contributed by atoms with Gasteiger partial charge in [-0.3, -0.25) is 10.1 Å². The van der Waals surface area contributed by atoms with Crippen LogP contribution in [0, 0.1) is 5.92 Å². The first-order valence-electron chi connectivity index (χ1n) is 13.6. The van der Waals surface area contributed by atoms with Crippen molar-refractivity contribution in [1.29, 1.82) is 0 Å². The minimum absolute atomic E-state index is 0.121. The summed E-state index contributed by atoms with van der Waals surface area (Å²) in [5, 5.41) is 3.23. The van der Waals surface area contributed by atoms with Gasteiger partial charge in [-0.1, -0.05) is 62.4 Å². The van der Waals surface area contributed by atoms with E-state index in [9.17, 15) is 14.4 Å². The van der Waals surface area contributed by atoms with E-state index in [-0.39, 0.29) is 24.5 Å². The number of carbonyl (C=O) groups excluding carboxylic acids is 3. The molecule has 9 heteroatoms. The van der Waals surface area contributed by atoms with E-state index in [2.05, 4.69) is 5.32 Å². The molecule has 0 aromatic heterocycles. The number of amides is 3. The Kier molecular flexibility index (Phi) is 9.22. The van der Waals surface area contributed by atoms with Crippen LogP contribution >= 0.6 is 12.2 Å². The normalized spacial score (nSPS) is 19.6. The third-order valence-electron chi connectivity index (χ3n) is 7.74. The van der Waals surface area contributed by atoms with E-state index in [4.69, 9.17) is 17.0 Å². The Bertz CT molecular complexity index is 1180. The van der Waals surface area contributed by atoms with E-state index < -0.39 is 17.6 Å². The first-order chi connectivity index (χ1) is 18.7. The Balaban J connectivity index is 1.43. The topological polar surface area (TPSA) is 82.2 Å². The predicted molar refractivity (Wildman–Crippen MR) is 154 cm³/mol.